The van der Waals surface area contributed by atoms with Crippen LogP contribution in [-0.2, 0) is 19.0 Å². The maximum Gasteiger partial charge on any atom is 0.326 e. The Morgan fingerprint density at radius 1 is 1.53 bits per heavy atom. The molecule has 0 saturated carbocycles. The summed E-state index contributed by atoms with van der Waals surface area (Å²) in [5.74, 6) is -0.199. The molecule has 1 N–H and O–H groups in total. The highest BCUT2D eigenvalue weighted by molar-refractivity contribution is 5.81. The lowest BCUT2D eigenvalue weighted by Crippen LogP contribution is -2.58. The first-order valence-corrected chi connectivity index (χ1v) is 6.12. The normalized spacial score (nSPS) is 29.0. The SMILES string of the molecule is CCC1CC(NCCOC)(C(=O)OC)CCO1. The Balaban J connectivity index is 2.67. The molecule has 1 aliphatic heterocycles. The molecule has 5 nitrogen and oxygen atoms in total. The van der Waals surface area contributed by atoms with Gasteiger partial charge in [-0.05, 0) is 12.8 Å². The van der Waals surface area contributed by atoms with Gasteiger partial charge < -0.3 is 14.2 Å². The zero-order chi connectivity index (χ0) is 12.7. The first kappa shape index (κ1) is 14.4. The van der Waals surface area contributed by atoms with Gasteiger partial charge in [-0.2, -0.15) is 0 Å². The minimum atomic E-state index is -0.605. The Kier molecular flexibility index (Phi) is 5.88. The Bertz CT molecular complexity index is 247. The zero-order valence-corrected chi connectivity index (χ0v) is 11.0. The van der Waals surface area contributed by atoms with Gasteiger partial charge in [-0.1, -0.05) is 6.92 Å². The van der Waals surface area contributed by atoms with Gasteiger partial charge in [0.15, 0.2) is 0 Å². The van der Waals surface area contributed by atoms with Crippen molar-refractivity contribution in [2.24, 2.45) is 0 Å². The standard InChI is InChI=1S/C12H23NO4/c1-4-10-9-12(5-7-17-10,11(14)16-3)13-6-8-15-2/h10,13H,4-9H2,1-3H3. The van der Waals surface area contributed by atoms with E-state index in [0.29, 0.717) is 32.6 Å². The third-order valence-electron chi connectivity index (χ3n) is 3.26. The molecular weight excluding hydrogens is 222 g/mol. The zero-order valence-electron chi connectivity index (χ0n) is 11.0. The van der Waals surface area contributed by atoms with Crippen LogP contribution in [0.1, 0.15) is 26.2 Å². The largest absolute Gasteiger partial charge is 0.468 e. The average molecular weight is 245 g/mol. The lowest BCUT2D eigenvalue weighted by atomic mass is 9.85. The molecule has 1 saturated heterocycles. The highest BCUT2D eigenvalue weighted by Gasteiger charge is 2.43. The van der Waals surface area contributed by atoms with Crippen LogP contribution in [0.4, 0.5) is 0 Å². The topological polar surface area (TPSA) is 56.8 Å². The monoisotopic (exact) mass is 245 g/mol. The Morgan fingerprint density at radius 3 is 2.88 bits per heavy atom. The molecule has 1 rings (SSSR count). The summed E-state index contributed by atoms with van der Waals surface area (Å²) in [7, 11) is 3.07. The summed E-state index contributed by atoms with van der Waals surface area (Å²) in [6.45, 7) is 3.87. The van der Waals surface area contributed by atoms with E-state index in [-0.39, 0.29) is 12.1 Å². The first-order chi connectivity index (χ1) is 8.18. The van der Waals surface area contributed by atoms with Crippen LogP contribution in [-0.4, -0.2) is 51.6 Å². The van der Waals surface area contributed by atoms with Gasteiger partial charge >= 0.3 is 5.97 Å². The van der Waals surface area contributed by atoms with Crippen LogP contribution < -0.4 is 5.32 Å². The fourth-order valence-electron chi connectivity index (χ4n) is 2.22. The first-order valence-electron chi connectivity index (χ1n) is 6.12. The van der Waals surface area contributed by atoms with Crippen LogP contribution in [0.25, 0.3) is 0 Å². The van der Waals surface area contributed by atoms with E-state index in [1.165, 1.54) is 7.11 Å². The molecule has 1 fully saturated rings. The quantitative estimate of drug-likeness (QED) is 0.552. The predicted octanol–water partition coefficient (Wildman–Crippen LogP) is 0.723. The molecular formula is C12H23NO4. The van der Waals surface area contributed by atoms with Crippen molar-refractivity contribution < 1.29 is 19.0 Å². The van der Waals surface area contributed by atoms with Gasteiger partial charge in [0.1, 0.15) is 5.54 Å². The Hall–Kier alpha value is -0.650. The van der Waals surface area contributed by atoms with E-state index in [4.69, 9.17) is 14.2 Å². The van der Waals surface area contributed by atoms with Gasteiger partial charge in [0.25, 0.3) is 0 Å². The van der Waals surface area contributed by atoms with Crippen molar-refractivity contribution in [3.05, 3.63) is 0 Å². The summed E-state index contributed by atoms with van der Waals surface area (Å²) in [6.07, 6.45) is 2.35. The van der Waals surface area contributed by atoms with E-state index in [2.05, 4.69) is 12.2 Å². The summed E-state index contributed by atoms with van der Waals surface area (Å²) in [6, 6.07) is 0. The number of carbonyl (C=O) groups is 1. The molecule has 0 amide bonds. The van der Waals surface area contributed by atoms with E-state index < -0.39 is 5.54 Å². The highest BCUT2D eigenvalue weighted by atomic mass is 16.5. The number of hydrogen-bond donors (Lipinski definition) is 1. The second kappa shape index (κ2) is 6.93. The Labute approximate surface area is 103 Å². The fraction of sp³-hybridized carbons (Fsp3) is 0.917. The van der Waals surface area contributed by atoms with Crippen molar-refractivity contribution in [3.8, 4) is 0 Å². The van der Waals surface area contributed by atoms with Crippen molar-refractivity contribution in [2.75, 3.05) is 34.0 Å². The molecule has 0 bridgehead atoms. The molecule has 1 heterocycles. The maximum atomic E-state index is 12.0. The number of carbonyl (C=O) groups excluding carboxylic acids is 1. The average Bonchev–Trinajstić information content (AvgIpc) is 2.38. The maximum absolute atomic E-state index is 12.0. The third-order valence-corrected chi connectivity index (χ3v) is 3.26. The predicted molar refractivity (Wildman–Crippen MR) is 63.9 cm³/mol. The summed E-state index contributed by atoms with van der Waals surface area (Å²) < 4.78 is 15.5. The van der Waals surface area contributed by atoms with Crippen LogP contribution in [0.15, 0.2) is 0 Å². The molecule has 100 valence electrons. The molecule has 0 spiro atoms. The Morgan fingerprint density at radius 2 is 2.29 bits per heavy atom. The molecule has 1 aliphatic rings. The summed E-state index contributed by atoms with van der Waals surface area (Å²) >= 11 is 0. The third kappa shape index (κ3) is 3.66. The summed E-state index contributed by atoms with van der Waals surface area (Å²) in [5.41, 5.74) is -0.605. The van der Waals surface area contributed by atoms with Crippen molar-refractivity contribution in [2.45, 2.75) is 37.8 Å². The fourth-order valence-corrected chi connectivity index (χ4v) is 2.22. The second-order valence-corrected chi connectivity index (χ2v) is 4.35. The number of esters is 1. The highest BCUT2D eigenvalue weighted by Crippen LogP contribution is 2.27. The smallest absolute Gasteiger partial charge is 0.326 e. The number of rotatable bonds is 6. The number of hydrogen-bond acceptors (Lipinski definition) is 5. The molecule has 17 heavy (non-hydrogen) atoms. The van der Waals surface area contributed by atoms with E-state index in [9.17, 15) is 4.79 Å². The summed E-state index contributed by atoms with van der Waals surface area (Å²) in [4.78, 5) is 12.0. The minimum absolute atomic E-state index is 0.123. The lowest BCUT2D eigenvalue weighted by molar-refractivity contribution is -0.156. The molecule has 2 atom stereocenters. The van der Waals surface area contributed by atoms with Gasteiger partial charge in [0.05, 0.1) is 19.8 Å². The van der Waals surface area contributed by atoms with Gasteiger partial charge in [0.2, 0.25) is 0 Å². The molecule has 2 unspecified atom stereocenters. The number of methoxy groups -OCH3 is 2. The number of nitrogens with one attached hydrogen (secondary N) is 1. The van der Waals surface area contributed by atoms with Crippen molar-refractivity contribution in [1.29, 1.82) is 0 Å². The summed E-state index contributed by atoms with van der Waals surface area (Å²) in [5, 5.41) is 3.27. The van der Waals surface area contributed by atoms with E-state index in [1.54, 1.807) is 7.11 Å². The van der Waals surface area contributed by atoms with Crippen molar-refractivity contribution in [1.82, 2.24) is 5.32 Å². The van der Waals surface area contributed by atoms with Crippen LogP contribution in [0.3, 0.4) is 0 Å². The van der Waals surface area contributed by atoms with Gasteiger partial charge in [0, 0.05) is 26.7 Å². The second-order valence-electron chi connectivity index (χ2n) is 4.35. The van der Waals surface area contributed by atoms with Crippen LogP contribution >= 0.6 is 0 Å². The molecule has 0 radical (unpaired) electrons. The van der Waals surface area contributed by atoms with Gasteiger partial charge in [-0.25, -0.2) is 0 Å². The van der Waals surface area contributed by atoms with Crippen molar-refractivity contribution in [3.63, 3.8) is 0 Å². The van der Waals surface area contributed by atoms with E-state index >= 15 is 0 Å². The van der Waals surface area contributed by atoms with Gasteiger partial charge in [-0.15, -0.1) is 0 Å². The number of ether oxygens (including phenoxy) is 3. The molecule has 0 aromatic heterocycles. The van der Waals surface area contributed by atoms with E-state index in [1.807, 2.05) is 0 Å². The molecule has 0 aromatic carbocycles. The van der Waals surface area contributed by atoms with E-state index in [0.717, 1.165) is 6.42 Å². The lowest BCUT2D eigenvalue weighted by Gasteiger charge is -2.39. The van der Waals surface area contributed by atoms with Crippen LogP contribution in [0.2, 0.25) is 0 Å². The molecule has 5 heteroatoms. The van der Waals surface area contributed by atoms with Crippen LogP contribution in [0, 0.1) is 0 Å². The minimum Gasteiger partial charge on any atom is -0.468 e. The molecule has 0 aliphatic carbocycles. The van der Waals surface area contributed by atoms with Crippen LogP contribution in [0.5, 0.6) is 0 Å². The van der Waals surface area contributed by atoms with Gasteiger partial charge in [-0.3, -0.25) is 10.1 Å². The van der Waals surface area contributed by atoms with Crippen molar-refractivity contribution >= 4 is 5.97 Å². The molecule has 0 aromatic rings.